The molecule has 1 amide bonds. The van der Waals surface area contributed by atoms with Gasteiger partial charge in [0, 0.05) is 24.4 Å². The molecule has 5 heteroatoms. The Hall–Kier alpha value is -2.69. The second-order valence-corrected chi connectivity index (χ2v) is 5.22. The molecule has 0 radical (unpaired) electrons. The number of aromatic nitrogens is 1. The molecule has 5 nitrogen and oxygen atoms in total. The molecule has 1 N–H and O–H groups in total. The minimum absolute atomic E-state index is 0.382. The Morgan fingerprint density at radius 1 is 1.09 bits per heavy atom. The van der Waals surface area contributed by atoms with Crippen molar-refractivity contribution in [2.75, 3.05) is 6.54 Å². The van der Waals surface area contributed by atoms with Crippen molar-refractivity contribution in [3.8, 4) is 0 Å². The summed E-state index contributed by atoms with van der Waals surface area (Å²) < 4.78 is 1.18. The highest BCUT2D eigenvalue weighted by Crippen LogP contribution is 2.13. The predicted molar refractivity (Wildman–Crippen MR) is 88.4 cm³/mol. The van der Waals surface area contributed by atoms with Crippen LogP contribution >= 0.6 is 0 Å². The van der Waals surface area contributed by atoms with Crippen LogP contribution in [0.15, 0.2) is 59.5 Å². The quantitative estimate of drug-likeness (QED) is 0.484. The van der Waals surface area contributed by atoms with Gasteiger partial charge in [-0.25, -0.2) is 0 Å². The van der Waals surface area contributed by atoms with Crippen LogP contribution in [-0.4, -0.2) is 22.8 Å². The van der Waals surface area contributed by atoms with E-state index in [0.29, 0.717) is 12.1 Å². The lowest BCUT2D eigenvalue weighted by Gasteiger charge is -2.18. The number of carbonyl (C=O) groups excluding carboxylic acids is 2. The van der Waals surface area contributed by atoms with Crippen LogP contribution in [0.25, 0.3) is 0 Å². The standard InChI is InChI=1S/C18H20N2O3/c1-2-3-12-19-18(23)16(20-13-8-7-11-15(20)21)17(22)14-9-5-4-6-10-14/h4-11,13,16H,2-3,12H2,1H3,(H,19,23). The molecular weight excluding hydrogens is 292 g/mol. The number of hydrogen-bond acceptors (Lipinski definition) is 3. The van der Waals surface area contributed by atoms with E-state index < -0.39 is 17.7 Å². The van der Waals surface area contributed by atoms with Crippen molar-refractivity contribution in [3.63, 3.8) is 0 Å². The van der Waals surface area contributed by atoms with Crippen LogP contribution in [-0.2, 0) is 4.79 Å². The van der Waals surface area contributed by atoms with E-state index >= 15 is 0 Å². The molecular formula is C18H20N2O3. The molecule has 0 aliphatic rings. The van der Waals surface area contributed by atoms with Gasteiger partial charge in [-0.05, 0) is 12.5 Å². The molecule has 2 aromatic rings. The van der Waals surface area contributed by atoms with Crippen molar-refractivity contribution in [1.29, 1.82) is 0 Å². The number of nitrogens with zero attached hydrogens (tertiary/aromatic N) is 1. The second-order valence-electron chi connectivity index (χ2n) is 5.22. The molecule has 1 aromatic heterocycles. The maximum Gasteiger partial charge on any atom is 0.251 e. The molecule has 120 valence electrons. The molecule has 23 heavy (non-hydrogen) atoms. The van der Waals surface area contributed by atoms with Gasteiger partial charge in [0.25, 0.3) is 11.5 Å². The van der Waals surface area contributed by atoms with Gasteiger partial charge < -0.3 is 5.32 Å². The number of carbonyl (C=O) groups is 2. The fourth-order valence-corrected chi connectivity index (χ4v) is 2.27. The summed E-state index contributed by atoms with van der Waals surface area (Å²) in [5.41, 5.74) is 0.0197. The van der Waals surface area contributed by atoms with Gasteiger partial charge >= 0.3 is 0 Å². The van der Waals surface area contributed by atoms with Gasteiger partial charge in [0.15, 0.2) is 11.8 Å². The Kier molecular flexibility index (Phi) is 5.86. The Balaban J connectivity index is 2.36. The van der Waals surface area contributed by atoms with Crippen molar-refractivity contribution < 1.29 is 9.59 Å². The topological polar surface area (TPSA) is 68.2 Å². The van der Waals surface area contributed by atoms with Gasteiger partial charge in [0.05, 0.1) is 0 Å². The van der Waals surface area contributed by atoms with Crippen LogP contribution in [0.5, 0.6) is 0 Å². The largest absolute Gasteiger partial charge is 0.354 e. The number of hydrogen-bond donors (Lipinski definition) is 1. The summed E-state index contributed by atoms with van der Waals surface area (Å²) in [6, 6.07) is 11.9. The number of unbranched alkanes of at least 4 members (excludes halogenated alkanes) is 1. The highest BCUT2D eigenvalue weighted by molar-refractivity contribution is 6.11. The highest BCUT2D eigenvalue weighted by Gasteiger charge is 2.29. The molecule has 2 rings (SSSR count). The second kappa shape index (κ2) is 8.08. The van der Waals surface area contributed by atoms with E-state index in [9.17, 15) is 14.4 Å². The van der Waals surface area contributed by atoms with Crippen LogP contribution in [0.3, 0.4) is 0 Å². The summed E-state index contributed by atoms with van der Waals surface area (Å²) in [5.74, 6) is -0.853. The lowest BCUT2D eigenvalue weighted by molar-refractivity contribution is -0.123. The van der Waals surface area contributed by atoms with Gasteiger partial charge in [-0.2, -0.15) is 0 Å². The van der Waals surface area contributed by atoms with Crippen LogP contribution < -0.4 is 10.9 Å². The Morgan fingerprint density at radius 3 is 2.43 bits per heavy atom. The van der Waals surface area contributed by atoms with E-state index in [1.807, 2.05) is 6.92 Å². The number of ketones is 1. The van der Waals surface area contributed by atoms with Gasteiger partial charge in [-0.1, -0.05) is 49.7 Å². The summed E-state index contributed by atoms with van der Waals surface area (Å²) in [4.78, 5) is 37.3. The average molecular weight is 312 g/mol. The van der Waals surface area contributed by atoms with Crippen LogP contribution in [0, 0.1) is 0 Å². The van der Waals surface area contributed by atoms with Crippen molar-refractivity contribution in [1.82, 2.24) is 9.88 Å². The fraction of sp³-hybridized carbons (Fsp3) is 0.278. The van der Waals surface area contributed by atoms with Gasteiger partial charge in [-0.15, -0.1) is 0 Å². The lowest BCUT2D eigenvalue weighted by Crippen LogP contribution is -2.41. The average Bonchev–Trinajstić information content (AvgIpc) is 2.58. The maximum absolute atomic E-state index is 12.8. The normalized spacial score (nSPS) is 11.7. The molecule has 1 heterocycles. The third-order valence-corrected chi connectivity index (χ3v) is 3.51. The number of rotatable bonds is 7. The minimum Gasteiger partial charge on any atom is -0.354 e. The van der Waals surface area contributed by atoms with Crippen molar-refractivity contribution >= 4 is 11.7 Å². The molecule has 1 aromatic carbocycles. The van der Waals surface area contributed by atoms with Gasteiger partial charge in [0.2, 0.25) is 0 Å². The van der Waals surface area contributed by atoms with Crippen LogP contribution in [0.1, 0.15) is 36.2 Å². The van der Waals surface area contributed by atoms with E-state index in [0.717, 1.165) is 12.8 Å². The molecule has 0 fully saturated rings. The third-order valence-electron chi connectivity index (χ3n) is 3.51. The van der Waals surface area contributed by atoms with E-state index in [2.05, 4.69) is 5.32 Å². The molecule has 0 spiro atoms. The summed E-state index contributed by atoms with van der Waals surface area (Å²) >= 11 is 0. The SMILES string of the molecule is CCCCNC(=O)C(C(=O)c1ccccc1)n1ccccc1=O. The summed E-state index contributed by atoms with van der Waals surface area (Å²) in [6.45, 7) is 2.50. The number of Topliss-reactive ketones (excluding diaryl/α,β-unsaturated/α-hetero) is 1. The van der Waals surface area contributed by atoms with Crippen LogP contribution in [0.2, 0.25) is 0 Å². The first-order valence-electron chi connectivity index (χ1n) is 7.69. The fourth-order valence-electron chi connectivity index (χ4n) is 2.27. The van der Waals surface area contributed by atoms with Gasteiger partial charge in [0.1, 0.15) is 0 Å². The van der Waals surface area contributed by atoms with E-state index in [1.165, 1.54) is 16.8 Å². The van der Waals surface area contributed by atoms with Crippen molar-refractivity contribution in [3.05, 3.63) is 70.6 Å². The molecule has 0 saturated heterocycles. The number of pyridine rings is 1. The number of amides is 1. The molecule has 0 saturated carbocycles. The number of benzene rings is 1. The third kappa shape index (κ3) is 4.16. The Labute approximate surface area is 135 Å². The summed E-state index contributed by atoms with van der Waals surface area (Å²) in [5, 5.41) is 2.74. The predicted octanol–water partition coefficient (Wildman–Crippen LogP) is 2.19. The van der Waals surface area contributed by atoms with Crippen molar-refractivity contribution in [2.45, 2.75) is 25.8 Å². The molecule has 0 aliphatic carbocycles. The summed E-state index contributed by atoms with van der Waals surface area (Å²) in [7, 11) is 0. The first-order valence-corrected chi connectivity index (χ1v) is 7.69. The van der Waals surface area contributed by atoms with Crippen LogP contribution in [0.4, 0.5) is 0 Å². The van der Waals surface area contributed by atoms with Gasteiger partial charge in [-0.3, -0.25) is 19.0 Å². The molecule has 1 atom stereocenters. The monoisotopic (exact) mass is 312 g/mol. The minimum atomic E-state index is -1.19. The summed E-state index contributed by atoms with van der Waals surface area (Å²) in [6.07, 6.45) is 3.22. The van der Waals surface area contributed by atoms with Crippen molar-refractivity contribution in [2.24, 2.45) is 0 Å². The lowest BCUT2D eigenvalue weighted by atomic mass is 10.0. The first kappa shape index (κ1) is 16.7. The molecule has 1 unspecified atom stereocenters. The Bertz CT molecular complexity index is 722. The maximum atomic E-state index is 12.8. The zero-order chi connectivity index (χ0) is 16.7. The molecule has 0 aliphatic heterocycles. The van der Waals surface area contributed by atoms with E-state index in [-0.39, 0.29) is 5.56 Å². The smallest absolute Gasteiger partial charge is 0.251 e. The first-order chi connectivity index (χ1) is 11.1. The highest BCUT2D eigenvalue weighted by atomic mass is 16.2. The Morgan fingerprint density at radius 2 is 1.78 bits per heavy atom. The van der Waals surface area contributed by atoms with E-state index in [1.54, 1.807) is 42.5 Å². The number of nitrogens with one attached hydrogen (secondary N) is 1. The molecule has 0 bridgehead atoms. The zero-order valence-corrected chi connectivity index (χ0v) is 13.1. The van der Waals surface area contributed by atoms with E-state index in [4.69, 9.17) is 0 Å². The zero-order valence-electron chi connectivity index (χ0n) is 13.1.